The highest BCUT2D eigenvalue weighted by molar-refractivity contribution is 5.55. The number of aryl methyl sites for hydroxylation is 1. The molecule has 0 aliphatic carbocycles. The highest BCUT2D eigenvalue weighted by atomic mass is 19.1. The Morgan fingerprint density at radius 1 is 1.47 bits per heavy atom. The second-order valence-electron chi connectivity index (χ2n) is 4.85. The zero-order chi connectivity index (χ0) is 13.5. The molecule has 3 rings (SSSR count). The maximum absolute atomic E-state index is 13.5. The molecule has 0 spiro atoms. The number of halogens is 1. The molecule has 1 saturated heterocycles. The number of benzene rings is 1. The number of β-amino-alcohol motifs (C(OH)–C–C–N with tert-alkyl or cyclic N) is 1. The Hall–Kier alpha value is -1.79. The Labute approximate surface area is 109 Å². The molecule has 1 aliphatic heterocycles. The fourth-order valence-corrected chi connectivity index (χ4v) is 2.12. The summed E-state index contributed by atoms with van der Waals surface area (Å²) in [5, 5.41) is 17.1. The largest absolute Gasteiger partial charge is 0.379 e. The molecule has 19 heavy (non-hydrogen) atoms. The fourth-order valence-electron chi connectivity index (χ4n) is 2.12. The van der Waals surface area contributed by atoms with Crippen molar-refractivity contribution in [1.29, 1.82) is 0 Å². The summed E-state index contributed by atoms with van der Waals surface area (Å²) in [5.74, 6) is 0.146. The number of hydrogen-bond donors (Lipinski definition) is 2. The summed E-state index contributed by atoms with van der Waals surface area (Å²) in [7, 11) is 0. The third kappa shape index (κ3) is 2.13. The highest BCUT2D eigenvalue weighted by Gasteiger charge is 2.38. The lowest BCUT2D eigenvalue weighted by atomic mass is 10.0. The molecule has 100 valence electrons. The Balaban J connectivity index is 1.94. The predicted molar refractivity (Wildman–Crippen MR) is 65.8 cm³/mol. The van der Waals surface area contributed by atoms with Gasteiger partial charge in [0.1, 0.15) is 5.82 Å². The van der Waals surface area contributed by atoms with Gasteiger partial charge in [-0.2, -0.15) is 4.98 Å². The second kappa shape index (κ2) is 4.40. The smallest absolute Gasteiger partial charge is 0.260 e. The van der Waals surface area contributed by atoms with Crippen LogP contribution in [0.25, 0.3) is 11.4 Å². The van der Waals surface area contributed by atoms with E-state index in [1.807, 2.05) is 0 Å². The molecule has 1 aromatic carbocycles. The topological polar surface area (TPSA) is 71.2 Å². The molecule has 5 nitrogen and oxygen atoms in total. The summed E-state index contributed by atoms with van der Waals surface area (Å²) in [5.41, 5.74) is -0.0205. The Bertz CT molecular complexity index is 606. The maximum Gasteiger partial charge on any atom is 0.260 e. The van der Waals surface area contributed by atoms with E-state index in [9.17, 15) is 9.50 Å². The summed E-state index contributed by atoms with van der Waals surface area (Å²) in [6.45, 7) is 2.78. The van der Waals surface area contributed by atoms with Crippen molar-refractivity contribution in [3.63, 3.8) is 0 Å². The first kappa shape index (κ1) is 12.3. The quantitative estimate of drug-likeness (QED) is 0.856. The standard InChI is InChI=1S/C13H14FN3O2/c1-8-2-3-9(6-10(8)14)11-16-12(19-17-11)13(18)4-5-15-7-13/h2-3,6,15,18H,4-5,7H2,1H3. The molecule has 2 aromatic rings. The zero-order valence-corrected chi connectivity index (χ0v) is 10.5. The van der Waals surface area contributed by atoms with Crippen LogP contribution in [0.4, 0.5) is 4.39 Å². The third-order valence-electron chi connectivity index (χ3n) is 3.39. The van der Waals surface area contributed by atoms with Crippen LogP contribution in [0.2, 0.25) is 0 Å². The van der Waals surface area contributed by atoms with Gasteiger partial charge in [0.05, 0.1) is 0 Å². The van der Waals surface area contributed by atoms with E-state index in [-0.39, 0.29) is 17.5 Å². The lowest BCUT2D eigenvalue weighted by Gasteiger charge is -2.14. The van der Waals surface area contributed by atoms with Crippen molar-refractivity contribution >= 4 is 0 Å². The van der Waals surface area contributed by atoms with Gasteiger partial charge in [0.15, 0.2) is 5.60 Å². The fraction of sp³-hybridized carbons (Fsp3) is 0.385. The number of nitrogens with zero attached hydrogens (tertiary/aromatic N) is 2. The van der Waals surface area contributed by atoms with Gasteiger partial charge in [0, 0.05) is 12.1 Å². The number of aromatic nitrogens is 2. The summed E-state index contributed by atoms with van der Waals surface area (Å²) in [6, 6.07) is 4.75. The van der Waals surface area contributed by atoms with Crippen molar-refractivity contribution in [2.75, 3.05) is 13.1 Å². The van der Waals surface area contributed by atoms with E-state index < -0.39 is 5.60 Å². The van der Waals surface area contributed by atoms with Gasteiger partial charge in [-0.3, -0.25) is 0 Å². The van der Waals surface area contributed by atoms with Gasteiger partial charge in [0.2, 0.25) is 5.82 Å². The Morgan fingerprint density at radius 3 is 3.00 bits per heavy atom. The summed E-state index contributed by atoms with van der Waals surface area (Å²) in [4.78, 5) is 4.17. The molecule has 1 atom stereocenters. The minimum Gasteiger partial charge on any atom is -0.379 e. The summed E-state index contributed by atoms with van der Waals surface area (Å²) >= 11 is 0. The predicted octanol–water partition coefficient (Wildman–Crippen LogP) is 1.37. The molecular weight excluding hydrogens is 249 g/mol. The maximum atomic E-state index is 13.5. The summed E-state index contributed by atoms with van der Waals surface area (Å²) < 4.78 is 18.6. The van der Waals surface area contributed by atoms with Crippen LogP contribution in [0, 0.1) is 12.7 Å². The number of hydrogen-bond acceptors (Lipinski definition) is 5. The van der Waals surface area contributed by atoms with E-state index in [1.165, 1.54) is 6.07 Å². The van der Waals surface area contributed by atoms with Crippen LogP contribution < -0.4 is 5.32 Å². The Kier molecular flexibility index (Phi) is 2.83. The molecule has 2 heterocycles. The van der Waals surface area contributed by atoms with Gasteiger partial charge >= 0.3 is 0 Å². The minimum atomic E-state index is -1.12. The molecule has 0 saturated carbocycles. The highest BCUT2D eigenvalue weighted by Crippen LogP contribution is 2.28. The SMILES string of the molecule is Cc1ccc(-c2noc(C3(O)CCNC3)n2)cc1F. The van der Waals surface area contributed by atoms with Gasteiger partial charge in [-0.15, -0.1) is 0 Å². The first-order chi connectivity index (χ1) is 9.08. The van der Waals surface area contributed by atoms with E-state index in [1.54, 1.807) is 19.1 Å². The van der Waals surface area contributed by atoms with E-state index in [2.05, 4.69) is 15.5 Å². The van der Waals surface area contributed by atoms with Gasteiger partial charge in [-0.25, -0.2) is 4.39 Å². The number of rotatable bonds is 2. The number of nitrogens with one attached hydrogen (secondary N) is 1. The van der Waals surface area contributed by atoms with Crippen molar-refractivity contribution in [3.05, 3.63) is 35.5 Å². The average Bonchev–Trinajstić information content (AvgIpc) is 3.02. The third-order valence-corrected chi connectivity index (χ3v) is 3.39. The van der Waals surface area contributed by atoms with Crippen molar-refractivity contribution in [3.8, 4) is 11.4 Å². The van der Waals surface area contributed by atoms with Gasteiger partial charge < -0.3 is 14.9 Å². The molecule has 1 fully saturated rings. The molecule has 0 bridgehead atoms. The van der Waals surface area contributed by atoms with Crippen LogP contribution in [0.5, 0.6) is 0 Å². The lowest BCUT2D eigenvalue weighted by molar-refractivity contribution is 0.0243. The van der Waals surface area contributed by atoms with Gasteiger partial charge in [-0.1, -0.05) is 17.3 Å². The molecule has 2 N–H and O–H groups in total. The van der Waals surface area contributed by atoms with Gasteiger partial charge in [0.25, 0.3) is 5.89 Å². The van der Waals surface area contributed by atoms with E-state index >= 15 is 0 Å². The molecule has 1 unspecified atom stereocenters. The molecule has 1 aliphatic rings. The molecule has 1 aromatic heterocycles. The molecular formula is C13H14FN3O2. The average molecular weight is 263 g/mol. The van der Waals surface area contributed by atoms with Crippen LogP contribution in [0.15, 0.2) is 22.7 Å². The van der Waals surface area contributed by atoms with Crippen LogP contribution in [-0.2, 0) is 5.60 Å². The first-order valence-corrected chi connectivity index (χ1v) is 6.12. The molecule has 0 amide bonds. The van der Waals surface area contributed by atoms with E-state index in [4.69, 9.17) is 4.52 Å². The van der Waals surface area contributed by atoms with Crippen LogP contribution >= 0.6 is 0 Å². The van der Waals surface area contributed by atoms with Crippen molar-refractivity contribution in [1.82, 2.24) is 15.5 Å². The summed E-state index contributed by atoms with van der Waals surface area (Å²) in [6.07, 6.45) is 0.525. The molecule has 0 radical (unpaired) electrons. The lowest BCUT2D eigenvalue weighted by Crippen LogP contribution is -2.28. The van der Waals surface area contributed by atoms with Crippen molar-refractivity contribution < 1.29 is 14.0 Å². The van der Waals surface area contributed by atoms with E-state index in [0.29, 0.717) is 30.6 Å². The first-order valence-electron chi connectivity index (χ1n) is 6.12. The van der Waals surface area contributed by atoms with Crippen molar-refractivity contribution in [2.45, 2.75) is 18.9 Å². The minimum absolute atomic E-state index is 0.175. The van der Waals surface area contributed by atoms with Gasteiger partial charge in [-0.05, 0) is 31.5 Å². The molecule has 6 heteroatoms. The normalized spacial score (nSPS) is 22.9. The van der Waals surface area contributed by atoms with Crippen LogP contribution in [0.1, 0.15) is 17.9 Å². The number of aliphatic hydroxyl groups is 1. The second-order valence-corrected chi connectivity index (χ2v) is 4.85. The van der Waals surface area contributed by atoms with Crippen LogP contribution in [-0.4, -0.2) is 28.3 Å². The monoisotopic (exact) mass is 263 g/mol. The van der Waals surface area contributed by atoms with E-state index in [0.717, 1.165) is 0 Å². The van der Waals surface area contributed by atoms with Crippen molar-refractivity contribution in [2.24, 2.45) is 0 Å². The van der Waals surface area contributed by atoms with Crippen LogP contribution in [0.3, 0.4) is 0 Å². The zero-order valence-electron chi connectivity index (χ0n) is 10.5. The Morgan fingerprint density at radius 2 is 2.32 bits per heavy atom.